The average molecular weight is 298 g/mol. The van der Waals surface area contributed by atoms with Crippen molar-refractivity contribution in [1.82, 2.24) is 9.55 Å². The van der Waals surface area contributed by atoms with E-state index in [0.29, 0.717) is 5.92 Å². The minimum absolute atomic E-state index is 0.580. The highest BCUT2D eigenvalue weighted by atomic mass is 35.5. The van der Waals surface area contributed by atoms with Gasteiger partial charge in [-0.3, -0.25) is 0 Å². The maximum atomic E-state index is 6.10. The molecule has 1 aliphatic rings. The molecule has 1 aliphatic carbocycles. The summed E-state index contributed by atoms with van der Waals surface area (Å²) in [4.78, 5) is 4.80. The Morgan fingerprint density at radius 2 is 2.00 bits per heavy atom. The molecule has 1 heterocycles. The van der Waals surface area contributed by atoms with Gasteiger partial charge in [-0.25, -0.2) is 4.98 Å². The Bertz CT molecular complexity index is 818. The van der Waals surface area contributed by atoms with Gasteiger partial charge in [-0.15, -0.1) is 0 Å². The van der Waals surface area contributed by atoms with E-state index in [1.165, 1.54) is 18.4 Å². The first-order valence-corrected chi connectivity index (χ1v) is 7.59. The third kappa shape index (κ3) is 2.28. The summed E-state index contributed by atoms with van der Waals surface area (Å²) in [5.74, 6) is 1.74. The molecule has 3 aromatic rings. The number of halogens is 1. The lowest BCUT2D eigenvalue weighted by Crippen LogP contribution is -2.04. The van der Waals surface area contributed by atoms with Gasteiger partial charge in [0.05, 0.1) is 11.2 Å². The van der Waals surface area contributed by atoms with Gasteiger partial charge in [-0.1, -0.05) is 29.8 Å². The molecule has 106 valence electrons. The third-order valence-electron chi connectivity index (χ3n) is 4.01. The number of rotatable bonds is 3. The molecule has 0 saturated heterocycles. The summed E-state index contributed by atoms with van der Waals surface area (Å²) in [6, 6.07) is 14.0. The van der Waals surface area contributed by atoms with E-state index in [4.69, 9.17) is 22.3 Å². The van der Waals surface area contributed by atoms with Crippen LogP contribution in [0.2, 0.25) is 5.02 Å². The molecule has 0 bridgehead atoms. The predicted molar refractivity (Wildman–Crippen MR) is 86.7 cm³/mol. The number of benzene rings is 2. The van der Waals surface area contributed by atoms with Crippen LogP contribution in [-0.4, -0.2) is 9.55 Å². The zero-order valence-corrected chi connectivity index (χ0v) is 12.3. The van der Waals surface area contributed by atoms with Gasteiger partial charge in [-0.2, -0.15) is 0 Å². The minimum atomic E-state index is 0.580. The zero-order chi connectivity index (χ0) is 14.4. The zero-order valence-electron chi connectivity index (χ0n) is 11.6. The Balaban J connectivity index is 1.86. The van der Waals surface area contributed by atoms with Crippen molar-refractivity contribution in [3.8, 4) is 0 Å². The summed E-state index contributed by atoms with van der Waals surface area (Å²) in [6.07, 6.45) is 2.44. The van der Waals surface area contributed by atoms with E-state index in [1.807, 2.05) is 30.3 Å². The molecule has 1 saturated carbocycles. The second-order valence-corrected chi connectivity index (χ2v) is 6.11. The Labute approximate surface area is 128 Å². The van der Waals surface area contributed by atoms with E-state index in [1.54, 1.807) is 0 Å². The minimum Gasteiger partial charge on any atom is -0.397 e. The molecule has 21 heavy (non-hydrogen) atoms. The van der Waals surface area contributed by atoms with Crippen molar-refractivity contribution < 1.29 is 0 Å². The lowest BCUT2D eigenvalue weighted by atomic mass is 10.2. The third-order valence-corrected chi connectivity index (χ3v) is 4.25. The first-order chi connectivity index (χ1) is 10.2. The van der Waals surface area contributed by atoms with E-state index in [9.17, 15) is 0 Å². The lowest BCUT2D eigenvalue weighted by Gasteiger charge is -2.09. The van der Waals surface area contributed by atoms with Crippen LogP contribution in [-0.2, 0) is 6.54 Å². The topological polar surface area (TPSA) is 43.8 Å². The summed E-state index contributed by atoms with van der Waals surface area (Å²) in [7, 11) is 0. The molecule has 1 fully saturated rings. The monoisotopic (exact) mass is 297 g/mol. The molecule has 4 rings (SSSR count). The number of imidazole rings is 1. The van der Waals surface area contributed by atoms with Crippen LogP contribution < -0.4 is 5.73 Å². The number of aromatic nitrogens is 2. The van der Waals surface area contributed by atoms with Gasteiger partial charge in [0.2, 0.25) is 0 Å². The second-order valence-electron chi connectivity index (χ2n) is 5.68. The van der Waals surface area contributed by atoms with E-state index < -0.39 is 0 Å². The van der Waals surface area contributed by atoms with E-state index >= 15 is 0 Å². The van der Waals surface area contributed by atoms with Gasteiger partial charge in [0, 0.05) is 17.5 Å². The molecule has 2 N–H and O–H groups in total. The molecule has 0 amide bonds. The van der Waals surface area contributed by atoms with Gasteiger partial charge in [0.1, 0.15) is 11.3 Å². The summed E-state index contributed by atoms with van der Waals surface area (Å²) in [5.41, 5.74) is 10.0. The van der Waals surface area contributed by atoms with Gasteiger partial charge < -0.3 is 10.3 Å². The number of fused-ring (bicyclic) bond motifs is 1. The highest BCUT2D eigenvalue weighted by Gasteiger charge is 2.29. The molecule has 4 heteroatoms. The van der Waals surface area contributed by atoms with Gasteiger partial charge in [0.25, 0.3) is 0 Å². The molecule has 1 aromatic heterocycles. The first kappa shape index (κ1) is 12.7. The highest BCUT2D eigenvalue weighted by Crippen LogP contribution is 2.41. The SMILES string of the molecule is Nc1cccc2c1nc(C1CC1)n2Cc1cccc(Cl)c1. The maximum Gasteiger partial charge on any atom is 0.113 e. The molecule has 0 spiro atoms. The molecular weight excluding hydrogens is 282 g/mol. The fraction of sp³-hybridized carbons (Fsp3) is 0.235. The number of anilines is 1. The van der Waals surface area contributed by atoms with Crippen LogP contribution in [0.25, 0.3) is 11.0 Å². The molecular formula is C17H16ClN3. The van der Waals surface area contributed by atoms with Crippen molar-refractivity contribution in [2.45, 2.75) is 25.3 Å². The molecule has 0 radical (unpaired) electrons. The smallest absolute Gasteiger partial charge is 0.113 e. The van der Waals surface area contributed by atoms with E-state index in [0.717, 1.165) is 34.1 Å². The summed E-state index contributed by atoms with van der Waals surface area (Å²) >= 11 is 6.10. The lowest BCUT2D eigenvalue weighted by molar-refractivity contribution is 0.747. The van der Waals surface area contributed by atoms with Gasteiger partial charge in [0.15, 0.2) is 0 Å². The van der Waals surface area contributed by atoms with Crippen molar-refractivity contribution in [2.75, 3.05) is 5.73 Å². The van der Waals surface area contributed by atoms with E-state index in [2.05, 4.69) is 16.7 Å². The van der Waals surface area contributed by atoms with Crippen LogP contribution >= 0.6 is 11.6 Å². The summed E-state index contributed by atoms with van der Waals surface area (Å²) in [6.45, 7) is 0.784. The van der Waals surface area contributed by atoms with Crippen LogP contribution in [0, 0.1) is 0 Å². The van der Waals surface area contributed by atoms with Crippen LogP contribution in [0.5, 0.6) is 0 Å². The largest absolute Gasteiger partial charge is 0.397 e. The quantitative estimate of drug-likeness (QED) is 0.736. The fourth-order valence-corrected chi connectivity index (χ4v) is 3.04. The van der Waals surface area contributed by atoms with Crippen LogP contribution in [0.4, 0.5) is 5.69 Å². The molecule has 0 aliphatic heterocycles. The number of nitrogen functional groups attached to an aromatic ring is 1. The second kappa shape index (κ2) is 4.78. The normalized spacial score (nSPS) is 14.7. The molecule has 2 aromatic carbocycles. The maximum absolute atomic E-state index is 6.10. The van der Waals surface area contributed by atoms with Crippen molar-refractivity contribution in [2.24, 2.45) is 0 Å². The number of nitrogens with two attached hydrogens (primary N) is 1. The fourth-order valence-electron chi connectivity index (χ4n) is 2.82. The highest BCUT2D eigenvalue weighted by molar-refractivity contribution is 6.30. The Hall–Kier alpha value is -2.00. The molecule has 0 atom stereocenters. The summed E-state index contributed by atoms with van der Waals surface area (Å²) < 4.78 is 2.29. The van der Waals surface area contributed by atoms with Crippen molar-refractivity contribution in [3.63, 3.8) is 0 Å². The average Bonchev–Trinajstić information content (AvgIpc) is 3.24. The number of para-hydroxylation sites is 1. The van der Waals surface area contributed by atoms with Gasteiger partial charge >= 0.3 is 0 Å². The summed E-state index contributed by atoms with van der Waals surface area (Å²) in [5, 5.41) is 0.768. The molecule has 3 nitrogen and oxygen atoms in total. The number of hydrogen-bond acceptors (Lipinski definition) is 2. The number of hydrogen-bond donors (Lipinski definition) is 1. The number of nitrogens with zero attached hydrogens (tertiary/aromatic N) is 2. The van der Waals surface area contributed by atoms with Crippen molar-refractivity contribution >= 4 is 28.3 Å². The first-order valence-electron chi connectivity index (χ1n) is 7.21. The Morgan fingerprint density at radius 3 is 2.76 bits per heavy atom. The van der Waals surface area contributed by atoms with Crippen LogP contribution in [0.3, 0.4) is 0 Å². The standard InChI is InChI=1S/C17H16ClN3/c18-13-4-1-3-11(9-13)10-21-15-6-2-5-14(19)16(15)20-17(21)12-7-8-12/h1-6,9,12H,7-8,10,19H2. The Morgan fingerprint density at radius 1 is 1.19 bits per heavy atom. The van der Waals surface area contributed by atoms with Crippen LogP contribution in [0.1, 0.15) is 30.1 Å². The predicted octanol–water partition coefficient (Wildman–Crippen LogP) is 4.20. The Kier molecular flexibility index (Phi) is 2.89. The van der Waals surface area contributed by atoms with E-state index in [-0.39, 0.29) is 0 Å². The van der Waals surface area contributed by atoms with Crippen LogP contribution in [0.15, 0.2) is 42.5 Å². The van der Waals surface area contributed by atoms with Crippen molar-refractivity contribution in [3.05, 3.63) is 58.9 Å². The van der Waals surface area contributed by atoms with Crippen molar-refractivity contribution in [1.29, 1.82) is 0 Å². The molecule has 0 unspecified atom stereocenters. The van der Waals surface area contributed by atoms with Gasteiger partial charge in [-0.05, 0) is 42.7 Å².